The van der Waals surface area contributed by atoms with Gasteiger partial charge in [0.1, 0.15) is 12.2 Å². The zero-order valence-electron chi connectivity index (χ0n) is 8.17. The number of hydrogen-bond donors (Lipinski definition) is 2. The van der Waals surface area contributed by atoms with E-state index in [9.17, 15) is 9.59 Å². The van der Waals surface area contributed by atoms with Gasteiger partial charge in [-0.25, -0.2) is 9.59 Å². The molecule has 0 aromatic carbocycles. The molecule has 1 rings (SSSR count). The minimum Gasteiger partial charge on any atom is -0.450 e. The highest BCUT2D eigenvalue weighted by molar-refractivity contribution is 5.58. The van der Waals surface area contributed by atoms with E-state index in [4.69, 9.17) is 10.2 Å². The highest BCUT2D eigenvalue weighted by Gasteiger charge is 2.31. The molecule has 0 radical (unpaired) electrons. The molecule has 15 heavy (non-hydrogen) atoms. The lowest BCUT2D eigenvalue weighted by molar-refractivity contribution is -0.0418. The average molecular weight is 216 g/mol. The van der Waals surface area contributed by atoms with Crippen molar-refractivity contribution in [1.82, 2.24) is 0 Å². The molecule has 6 heteroatoms. The van der Waals surface area contributed by atoms with E-state index in [1.165, 1.54) is 0 Å². The highest BCUT2D eigenvalue weighted by Crippen LogP contribution is 2.23. The molecule has 0 aliphatic heterocycles. The van der Waals surface area contributed by atoms with Crippen LogP contribution >= 0.6 is 0 Å². The Morgan fingerprint density at radius 3 is 2.33 bits per heavy atom. The molecule has 84 valence electrons. The second-order valence-corrected chi connectivity index (χ2v) is 3.33. The van der Waals surface area contributed by atoms with Crippen LogP contribution in [0.3, 0.4) is 0 Å². The Balaban J connectivity index is 2.65. The van der Waals surface area contributed by atoms with Crippen molar-refractivity contribution in [2.45, 2.75) is 32.0 Å². The van der Waals surface area contributed by atoms with Gasteiger partial charge in [-0.1, -0.05) is 11.6 Å². The van der Waals surface area contributed by atoms with E-state index in [0.29, 0.717) is 12.8 Å². The summed E-state index contributed by atoms with van der Waals surface area (Å²) >= 11 is 0. The third kappa shape index (κ3) is 3.49. The molecule has 0 bridgehead atoms. The second-order valence-electron chi connectivity index (χ2n) is 3.33. The van der Waals surface area contributed by atoms with Gasteiger partial charge in [0.25, 0.3) is 0 Å². The third-order valence-corrected chi connectivity index (χ3v) is 2.14. The molecule has 0 aromatic rings. The number of carboxylic acid groups (broad SMARTS) is 2. The lowest BCUT2D eigenvalue weighted by Gasteiger charge is -2.27. The zero-order chi connectivity index (χ0) is 11.4. The normalized spacial score (nSPS) is 25.3. The van der Waals surface area contributed by atoms with Crippen molar-refractivity contribution in [1.29, 1.82) is 0 Å². The fraction of sp³-hybridized carbons (Fsp3) is 0.556. The first-order valence-corrected chi connectivity index (χ1v) is 4.44. The van der Waals surface area contributed by atoms with Crippen LogP contribution in [0, 0.1) is 0 Å². The first-order chi connectivity index (χ1) is 6.99. The number of hydrogen-bond acceptors (Lipinski definition) is 4. The quantitative estimate of drug-likeness (QED) is 0.540. The van der Waals surface area contributed by atoms with Crippen LogP contribution in [-0.2, 0) is 9.47 Å². The van der Waals surface area contributed by atoms with E-state index < -0.39 is 24.5 Å². The summed E-state index contributed by atoms with van der Waals surface area (Å²) in [5, 5.41) is 16.9. The summed E-state index contributed by atoms with van der Waals surface area (Å²) in [6.45, 7) is 1.83. The molecule has 2 unspecified atom stereocenters. The van der Waals surface area contributed by atoms with Crippen LogP contribution in [0.15, 0.2) is 11.6 Å². The molecule has 1 aliphatic rings. The standard InChI is InChI=1S/C9H12O6/c1-5-2-3-6(14-8(10)11)7(4-5)15-9(12)13/h2,6-7H,3-4H2,1H3,(H,10,11)(H,12,13). The van der Waals surface area contributed by atoms with E-state index >= 15 is 0 Å². The Morgan fingerprint density at radius 1 is 1.27 bits per heavy atom. The number of ether oxygens (including phenoxy) is 2. The fourth-order valence-corrected chi connectivity index (χ4v) is 1.50. The van der Waals surface area contributed by atoms with Gasteiger partial charge in [-0.05, 0) is 6.92 Å². The van der Waals surface area contributed by atoms with Crippen LogP contribution in [0.5, 0.6) is 0 Å². The van der Waals surface area contributed by atoms with Gasteiger partial charge in [0, 0.05) is 12.8 Å². The van der Waals surface area contributed by atoms with Crippen molar-refractivity contribution in [3.63, 3.8) is 0 Å². The van der Waals surface area contributed by atoms with E-state index in [1.807, 2.05) is 13.0 Å². The molecule has 2 atom stereocenters. The Bertz CT molecular complexity index is 295. The SMILES string of the molecule is CC1=CCC(OC(=O)O)C(OC(=O)O)C1. The molecule has 0 saturated carbocycles. The van der Waals surface area contributed by atoms with Gasteiger partial charge in [-0.2, -0.15) is 0 Å². The number of carbonyl (C=O) groups is 2. The van der Waals surface area contributed by atoms with E-state index in [1.54, 1.807) is 0 Å². The molecule has 0 fully saturated rings. The van der Waals surface area contributed by atoms with Gasteiger partial charge in [-0.3, -0.25) is 0 Å². The van der Waals surface area contributed by atoms with E-state index in [2.05, 4.69) is 9.47 Å². The number of rotatable bonds is 2. The molecular formula is C9H12O6. The average Bonchev–Trinajstić information content (AvgIpc) is 2.08. The molecule has 0 saturated heterocycles. The minimum absolute atomic E-state index is 0.343. The van der Waals surface area contributed by atoms with Gasteiger partial charge in [0.15, 0.2) is 0 Å². The summed E-state index contributed by atoms with van der Waals surface area (Å²) in [7, 11) is 0. The smallest absolute Gasteiger partial charge is 0.450 e. The van der Waals surface area contributed by atoms with Crippen LogP contribution in [0.2, 0.25) is 0 Å². The summed E-state index contributed by atoms with van der Waals surface area (Å²) < 4.78 is 9.10. The molecule has 0 spiro atoms. The topological polar surface area (TPSA) is 93.1 Å². The predicted molar refractivity (Wildman–Crippen MR) is 48.8 cm³/mol. The van der Waals surface area contributed by atoms with E-state index in [0.717, 1.165) is 5.57 Å². The molecule has 0 amide bonds. The molecule has 2 N–H and O–H groups in total. The van der Waals surface area contributed by atoms with Crippen LogP contribution in [0.4, 0.5) is 9.59 Å². The maximum absolute atomic E-state index is 10.4. The largest absolute Gasteiger partial charge is 0.506 e. The molecule has 0 heterocycles. The minimum atomic E-state index is -1.42. The van der Waals surface area contributed by atoms with E-state index in [-0.39, 0.29) is 0 Å². The molecular weight excluding hydrogens is 204 g/mol. The van der Waals surface area contributed by atoms with Gasteiger partial charge < -0.3 is 19.7 Å². The first kappa shape index (κ1) is 11.4. The third-order valence-electron chi connectivity index (χ3n) is 2.14. The Kier molecular flexibility index (Phi) is 3.54. The maximum atomic E-state index is 10.4. The molecule has 0 aromatic heterocycles. The zero-order valence-corrected chi connectivity index (χ0v) is 8.17. The van der Waals surface area contributed by atoms with Crippen molar-refractivity contribution >= 4 is 12.3 Å². The van der Waals surface area contributed by atoms with Gasteiger partial charge in [0.05, 0.1) is 0 Å². The lowest BCUT2D eigenvalue weighted by atomic mass is 9.95. The van der Waals surface area contributed by atoms with Crippen LogP contribution in [0.25, 0.3) is 0 Å². The first-order valence-electron chi connectivity index (χ1n) is 4.44. The summed E-state index contributed by atoms with van der Waals surface area (Å²) in [6, 6.07) is 0. The van der Waals surface area contributed by atoms with Crippen molar-refractivity contribution < 1.29 is 29.3 Å². The van der Waals surface area contributed by atoms with Crippen molar-refractivity contribution in [2.24, 2.45) is 0 Å². The molecule has 1 aliphatic carbocycles. The van der Waals surface area contributed by atoms with Crippen molar-refractivity contribution in [2.75, 3.05) is 0 Å². The summed E-state index contributed by atoms with van der Waals surface area (Å²) in [6.07, 6.45) is -1.82. The van der Waals surface area contributed by atoms with Crippen LogP contribution in [-0.4, -0.2) is 34.7 Å². The summed E-state index contributed by atoms with van der Waals surface area (Å²) in [5.41, 5.74) is 0.964. The molecule has 6 nitrogen and oxygen atoms in total. The van der Waals surface area contributed by atoms with Crippen molar-refractivity contribution in [3.05, 3.63) is 11.6 Å². The summed E-state index contributed by atoms with van der Waals surface area (Å²) in [5.74, 6) is 0. The van der Waals surface area contributed by atoms with Crippen LogP contribution < -0.4 is 0 Å². The summed E-state index contributed by atoms with van der Waals surface area (Å²) in [4.78, 5) is 20.7. The Hall–Kier alpha value is -1.72. The van der Waals surface area contributed by atoms with Crippen molar-refractivity contribution in [3.8, 4) is 0 Å². The monoisotopic (exact) mass is 216 g/mol. The van der Waals surface area contributed by atoms with Gasteiger partial charge in [-0.15, -0.1) is 0 Å². The highest BCUT2D eigenvalue weighted by atomic mass is 16.7. The predicted octanol–water partition coefficient (Wildman–Crippen LogP) is 1.85. The Morgan fingerprint density at radius 2 is 1.80 bits per heavy atom. The van der Waals surface area contributed by atoms with Gasteiger partial charge in [0.2, 0.25) is 0 Å². The van der Waals surface area contributed by atoms with Crippen LogP contribution in [0.1, 0.15) is 19.8 Å². The maximum Gasteiger partial charge on any atom is 0.506 e. The Labute approximate surface area is 86.1 Å². The lowest BCUT2D eigenvalue weighted by Crippen LogP contribution is -2.36. The van der Waals surface area contributed by atoms with Gasteiger partial charge >= 0.3 is 12.3 Å². The second kappa shape index (κ2) is 4.68. The fourth-order valence-electron chi connectivity index (χ4n) is 1.50.